The van der Waals surface area contributed by atoms with Crippen molar-refractivity contribution in [3.63, 3.8) is 0 Å². The Morgan fingerprint density at radius 3 is 2.42 bits per heavy atom. The molecule has 0 aliphatic carbocycles. The van der Waals surface area contributed by atoms with E-state index in [-0.39, 0.29) is 16.5 Å². The number of likely N-dealkylation sites (N-methyl/N-ethyl adjacent to an activating group) is 1. The van der Waals surface area contributed by atoms with Crippen molar-refractivity contribution >= 4 is 17.2 Å². The first-order chi connectivity index (χ1) is 11.5. The lowest BCUT2D eigenvalue weighted by atomic mass is 10.2. The number of benzene rings is 1. The third-order valence-electron chi connectivity index (χ3n) is 4.27. The second-order valence-electron chi connectivity index (χ2n) is 5.76. The molecule has 24 heavy (non-hydrogen) atoms. The molecule has 1 saturated heterocycles. The summed E-state index contributed by atoms with van der Waals surface area (Å²) in [7, 11) is 0. The van der Waals surface area contributed by atoms with Crippen LogP contribution in [0, 0.1) is 18.6 Å². The first-order valence-electron chi connectivity index (χ1n) is 7.94. The van der Waals surface area contributed by atoms with Gasteiger partial charge in [-0.25, -0.2) is 13.8 Å². The van der Waals surface area contributed by atoms with E-state index < -0.39 is 11.6 Å². The van der Waals surface area contributed by atoms with Gasteiger partial charge in [0.05, 0.1) is 11.3 Å². The first-order valence-corrected chi connectivity index (χ1v) is 8.76. The number of rotatable bonds is 3. The summed E-state index contributed by atoms with van der Waals surface area (Å²) in [5.41, 5.74) is 0.348. The molecule has 1 fully saturated rings. The molecule has 2 heterocycles. The number of halogens is 2. The van der Waals surface area contributed by atoms with Crippen molar-refractivity contribution in [1.82, 2.24) is 14.8 Å². The number of piperazine rings is 1. The van der Waals surface area contributed by atoms with Crippen molar-refractivity contribution < 1.29 is 13.6 Å². The lowest BCUT2D eigenvalue weighted by Crippen LogP contribution is -2.48. The van der Waals surface area contributed by atoms with Crippen LogP contribution in [0.1, 0.15) is 22.3 Å². The molecule has 0 atom stereocenters. The van der Waals surface area contributed by atoms with Crippen molar-refractivity contribution in [3.8, 4) is 10.6 Å². The van der Waals surface area contributed by atoms with Crippen molar-refractivity contribution in [3.05, 3.63) is 40.4 Å². The Morgan fingerprint density at radius 1 is 1.21 bits per heavy atom. The van der Waals surface area contributed by atoms with Crippen LogP contribution in [0.15, 0.2) is 18.2 Å². The second-order valence-corrected chi connectivity index (χ2v) is 6.76. The van der Waals surface area contributed by atoms with Crippen LogP contribution in [-0.4, -0.2) is 53.4 Å². The molecule has 1 amide bonds. The van der Waals surface area contributed by atoms with E-state index in [9.17, 15) is 13.6 Å². The summed E-state index contributed by atoms with van der Waals surface area (Å²) in [6.45, 7) is 7.78. The second kappa shape index (κ2) is 6.94. The highest BCUT2D eigenvalue weighted by Gasteiger charge is 2.26. The zero-order valence-corrected chi connectivity index (χ0v) is 14.5. The highest BCUT2D eigenvalue weighted by atomic mass is 32.1. The number of carbonyl (C=O) groups excluding carboxylic acids is 1. The third kappa shape index (κ3) is 3.18. The topological polar surface area (TPSA) is 36.4 Å². The van der Waals surface area contributed by atoms with E-state index in [1.165, 1.54) is 18.2 Å². The van der Waals surface area contributed by atoms with E-state index in [1.807, 2.05) is 0 Å². The molecule has 1 aliphatic heterocycles. The normalized spacial score (nSPS) is 15.8. The maximum atomic E-state index is 13.9. The minimum Gasteiger partial charge on any atom is -0.335 e. The van der Waals surface area contributed by atoms with Gasteiger partial charge in [0.2, 0.25) is 0 Å². The SMILES string of the molecule is CCN1CCN(C(=O)c2sc(-c3c(F)cccc3F)nc2C)CC1. The van der Waals surface area contributed by atoms with Crippen LogP contribution < -0.4 is 0 Å². The van der Waals surface area contributed by atoms with Gasteiger partial charge in [-0.3, -0.25) is 4.79 Å². The summed E-state index contributed by atoms with van der Waals surface area (Å²) in [6, 6.07) is 3.70. The summed E-state index contributed by atoms with van der Waals surface area (Å²) in [4.78, 5) is 21.5. The average molecular weight is 351 g/mol. The molecule has 0 radical (unpaired) electrons. The minimum atomic E-state index is -0.667. The Labute approximate surface area is 143 Å². The molecule has 0 unspecified atom stereocenters. The molecule has 7 heteroatoms. The predicted molar refractivity (Wildman–Crippen MR) is 90.2 cm³/mol. The number of aryl methyl sites for hydroxylation is 1. The Morgan fingerprint density at radius 2 is 1.83 bits per heavy atom. The van der Waals surface area contributed by atoms with Gasteiger partial charge in [-0.1, -0.05) is 13.0 Å². The summed E-state index contributed by atoms with van der Waals surface area (Å²) >= 11 is 1.05. The van der Waals surface area contributed by atoms with Gasteiger partial charge in [0.25, 0.3) is 5.91 Å². The third-order valence-corrected chi connectivity index (χ3v) is 5.44. The fourth-order valence-electron chi connectivity index (χ4n) is 2.81. The summed E-state index contributed by atoms with van der Waals surface area (Å²) in [5, 5.41) is 0.207. The Bertz CT molecular complexity index is 734. The van der Waals surface area contributed by atoms with Crippen molar-refractivity contribution in [2.24, 2.45) is 0 Å². The molecule has 0 spiro atoms. The fraction of sp³-hybridized carbons (Fsp3) is 0.412. The molecule has 1 aromatic carbocycles. The Hall–Kier alpha value is -1.86. The van der Waals surface area contributed by atoms with Crippen molar-refractivity contribution in [2.45, 2.75) is 13.8 Å². The van der Waals surface area contributed by atoms with Crippen LogP contribution in [0.3, 0.4) is 0 Å². The number of aromatic nitrogens is 1. The van der Waals surface area contributed by atoms with Gasteiger partial charge in [0, 0.05) is 26.2 Å². The van der Waals surface area contributed by atoms with E-state index in [1.54, 1.807) is 11.8 Å². The maximum absolute atomic E-state index is 13.9. The van der Waals surface area contributed by atoms with Crippen molar-refractivity contribution in [2.75, 3.05) is 32.7 Å². The van der Waals surface area contributed by atoms with E-state index in [0.29, 0.717) is 23.7 Å². The summed E-state index contributed by atoms with van der Waals surface area (Å²) in [6.07, 6.45) is 0. The molecule has 3 rings (SSSR count). The van der Waals surface area contributed by atoms with Crippen LogP contribution in [0.4, 0.5) is 8.78 Å². The van der Waals surface area contributed by atoms with Gasteiger partial charge in [-0.15, -0.1) is 11.3 Å². The van der Waals surface area contributed by atoms with Gasteiger partial charge in [0.1, 0.15) is 21.5 Å². The van der Waals surface area contributed by atoms with Crippen LogP contribution in [0.25, 0.3) is 10.6 Å². The van der Waals surface area contributed by atoms with E-state index in [4.69, 9.17) is 0 Å². The van der Waals surface area contributed by atoms with Crippen LogP contribution in [-0.2, 0) is 0 Å². The monoisotopic (exact) mass is 351 g/mol. The highest BCUT2D eigenvalue weighted by molar-refractivity contribution is 7.17. The molecule has 0 bridgehead atoms. The van der Waals surface area contributed by atoms with Crippen LogP contribution in [0.5, 0.6) is 0 Å². The number of nitrogens with zero attached hydrogens (tertiary/aromatic N) is 3. The van der Waals surface area contributed by atoms with Gasteiger partial charge < -0.3 is 9.80 Å². The van der Waals surface area contributed by atoms with Gasteiger partial charge in [0.15, 0.2) is 0 Å². The van der Waals surface area contributed by atoms with Gasteiger partial charge in [-0.2, -0.15) is 0 Å². The van der Waals surface area contributed by atoms with Gasteiger partial charge in [-0.05, 0) is 25.6 Å². The molecule has 1 aliphatic rings. The largest absolute Gasteiger partial charge is 0.335 e. The molecule has 4 nitrogen and oxygen atoms in total. The van der Waals surface area contributed by atoms with E-state index in [0.717, 1.165) is 31.0 Å². The lowest BCUT2D eigenvalue weighted by Gasteiger charge is -2.33. The smallest absolute Gasteiger partial charge is 0.265 e. The average Bonchev–Trinajstić information content (AvgIpc) is 2.95. The zero-order chi connectivity index (χ0) is 17.3. The van der Waals surface area contributed by atoms with E-state index >= 15 is 0 Å². The molecular formula is C17H19F2N3OS. The quantitative estimate of drug-likeness (QED) is 0.852. The lowest BCUT2D eigenvalue weighted by molar-refractivity contribution is 0.0647. The molecule has 128 valence electrons. The standard InChI is InChI=1S/C17H19F2N3OS/c1-3-21-7-9-22(10-8-21)17(23)15-11(2)20-16(24-15)14-12(18)5-4-6-13(14)19/h4-6H,3,7-10H2,1-2H3. The number of amides is 1. The predicted octanol–water partition coefficient (Wildman–Crippen LogP) is 3.17. The molecule has 2 aromatic rings. The van der Waals surface area contributed by atoms with Crippen LogP contribution in [0.2, 0.25) is 0 Å². The summed E-state index contributed by atoms with van der Waals surface area (Å²) < 4.78 is 27.9. The van der Waals surface area contributed by atoms with Crippen LogP contribution >= 0.6 is 11.3 Å². The molecule has 0 N–H and O–H groups in total. The van der Waals surface area contributed by atoms with Crippen molar-refractivity contribution in [1.29, 1.82) is 0 Å². The maximum Gasteiger partial charge on any atom is 0.265 e. The fourth-order valence-corrected chi connectivity index (χ4v) is 3.90. The number of hydrogen-bond acceptors (Lipinski definition) is 4. The minimum absolute atomic E-state index is 0.108. The number of hydrogen-bond donors (Lipinski definition) is 0. The molecule has 1 aromatic heterocycles. The summed E-state index contributed by atoms with van der Waals surface area (Å²) in [5.74, 6) is -1.44. The first kappa shape index (κ1) is 17.0. The highest BCUT2D eigenvalue weighted by Crippen LogP contribution is 2.32. The Kier molecular flexibility index (Phi) is 4.91. The van der Waals surface area contributed by atoms with Gasteiger partial charge >= 0.3 is 0 Å². The van der Waals surface area contributed by atoms with E-state index in [2.05, 4.69) is 16.8 Å². The molecule has 0 saturated carbocycles. The zero-order valence-electron chi connectivity index (χ0n) is 13.7. The number of carbonyl (C=O) groups is 1. The number of thiazole rings is 1. The molecular weight excluding hydrogens is 332 g/mol. The Balaban J connectivity index is 1.86.